The van der Waals surface area contributed by atoms with Crippen LogP contribution in [0.15, 0.2) is 72.1 Å². The molecule has 8 nitrogen and oxygen atoms in total. The smallest absolute Gasteiger partial charge is 0.277 e. The third kappa shape index (κ3) is 4.11. The second kappa shape index (κ2) is 9.50. The second-order valence-corrected chi connectivity index (χ2v) is 9.62. The highest BCUT2D eigenvalue weighted by Gasteiger charge is 2.49. The summed E-state index contributed by atoms with van der Waals surface area (Å²) in [4.78, 5) is 30.3. The van der Waals surface area contributed by atoms with Crippen LogP contribution in [0.1, 0.15) is 23.0 Å². The topological polar surface area (TPSA) is 85.7 Å². The van der Waals surface area contributed by atoms with Gasteiger partial charge in [-0.2, -0.15) is 5.10 Å². The highest BCUT2D eigenvalue weighted by Crippen LogP contribution is 2.40. The van der Waals surface area contributed by atoms with Crippen LogP contribution in [0.4, 0.5) is 5.69 Å². The van der Waals surface area contributed by atoms with Gasteiger partial charge in [-0.3, -0.25) is 19.2 Å². The van der Waals surface area contributed by atoms with Crippen LogP contribution in [-0.2, 0) is 17.9 Å². The number of benzene rings is 2. The van der Waals surface area contributed by atoms with Crippen molar-refractivity contribution < 1.29 is 19.1 Å². The normalized spacial score (nSPS) is 17.0. The molecule has 3 heterocycles. The monoisotopic (exact) mass is 502 g/mol. The third-order valence-electron chi connectivity index (χ3n) is 6.34. The molecule has 2 aromatic heterocycles. The molecule has 0 spiro atoms. The van der Waals surface area contributed by atoms with E-state index in [9.17, 15) is 9.59 Å². The molecule has 4 aromatic rings. The number of ether oxygens (including phenoxy) is 2. The van der Waals surface area contributed by atoms with Gasteiger partial charge in [-0.05, 0) is 42.1 Å². The summed E-state index contributed by atoms with van der Waals surface area (Å²) in [5.74, 6) is 0.380. The van der Waals surface area contributed by atoms with Gasteiger partial charge in [0.2, 0.25) is 5.91 Å². The van der Waals surface area contributed by atoms with Gasteiger partial charge in [-0.15, -0.1) is 11.3 Å². The summed E-state index contributed by atoms with van der Waals surface area (Å²) in [6.45, 7) is 2.27. The number of aromatic nitrogens is 2. The summed E-state index contributed by atoms with van der Waals surface area (Å²) >= 11 is 1.55. The number of fused-ring (bicyclic) bond motifs is 1. The van der Waals surface area contributed by atoms with Gasteiger partial charge < -0.3 is 14.8 Å². The number of rotatable bonds is 7. The highest BCUT2D eigenvalue weighted by molar-refractivity contribution is 7.13. The van der Waals surface area contributed by atoms with Crippen molar-refractivity contribution in [3.8, 4) is 22.1 Å². The van der Waals surface area contributed by atoms with Crippen molar-refractivity contribution in [2.24, 2.45) is 0 Å². The number of hydrogen-bond acceptors (Lipinski definition) is 6. The summed E-state index contributed by atoms with van der Waals surface area (Å²) in [6, 6.07) is 20.5. The number of carbonyl (C=O) groups excluding carboxylic acids is 2. The molecule has 0 saturated carbocycles. The van der Waals surface area contributed by atoms with Gasteiger partial charge in [-0.1, -0.05) is 36.4 Å². The SMILES string of the molecule is COc1ccc(N2C(=O)c3cc(-c4cccs4)nn3CC2(C)C(=O)NCc2ccccc2)c(OC)c1. The van der Waals surface area contributed by atoms with E-state index >= 15 is 0 Å². The van der Waals surface area contributed by atoms with Crippen LogP contribution in [0.3, 0.4) is 0 Å². The Morgan fingerprint density at radius 1 is 1.08 bits per heavy atom. The molecular weight excluding hydrogens is 476 g/mol. The summed E-state index contributed by atoms with van der Waals surface area (Å²) in [5, 5.41) is 9.67. The molecule has 9 heteroatoms. The van der Waals surface area contributed by atoms with Crippen LogP contribution in [0.5, 0.6) is 11.5 Å². The van der Waals surface area contributed by atoms with Crippen molar-refractivity contribution in [1.82, 2.24) is 15.1 Å². The van der Waals surface area contributed by atoms with Gasteiger partial charge >= 0.3 is 0 Å². The number of thiophene rings is 1. The zero-order valence-corrected chi connectivity index (χ0v) is 21.0. The Bertz CT molecular complexity index is 1400. The Kier molecular flexibility index (Phi) is 6.24. The lowest BCUT2D eigenvalue weighted by Gasteiger charge is -2.43. The zero-order valence-electron chi connectivity index (χ0n) is 20.2. The lowest BCUT2D eigenvalue weighted by molar-refractivity contribution is -0.126. The number of nitrogens with zero attached hydrogens (tertiary/aromatic N) is 3. The Labute approximate surface area is 213 Å². The van der Waals surface area contributed by atoms with Crippen molar-refractivity contribution in [1.29, 1.82) is 0 Å². The molecule has 1 aliphatic heterocycles. The molecular formula is C27H26N4O4S. The van der Waals surface area contributed by atoms with Crippen molar-refractivity contribution in [2.75, 3.05) is 19.1 Å². The Balaban J connectivity index is 1.58. The van der Waals surface area contributed by atoms with E-state index in [0.29, 0.717) is 35.1 Å². The van der Waals surface area contributed by atoms with Crippen molar-refractivity contribution in [2.45, 2.75) is 25.6 Å². The lowest BCUT2D eigenvalue weighted by atomic mass is 9.93. The van der Waals surface area contributed by atoms with Gasteiger partial charge in [0.25, 0.3) is 5.91 Å². The molecule has 1 atom stereocenters. The van der Waals surface area contributed by atoms with E-state index in [1.54, 1.807) is 54.3 Å². The van der Waals surface area contributed by atoms with E-state index < -0.39 is 5.54 Å². The number of nitrogens with one attached hydrogen (secondary N) is 1. The molecule has 0 bridgehead atoms. The van der Waals surface area contributed by atoms with E-state index in [2.05, 4.69) is 10.4 Å². The van der Waals surface area contributed by atoms with E-state index in [0.717, 1.165) is 10.4 Å². The predicted octanol–water partition coefficient (Wildman–Crippen LogP) is 4.36. The van der Waals surface area contributed by atoms with E-state index in [1.807, 2.05) is 47.8 Å². The number of amides is 2. The molecule has 1 unspecified atom stereocenters. The fraction of sp³-hybridized carbons (Fsp3) is 0.222. The summed E-state index contributed by atoms with van der Waals surface area (Å²) < 4.78 is 12.6. The fourth-order valence-corrected chi connectivity index (χ4v) is 5.12. The molecule has 36 heavy (non-hydrogen) atoms. The first-order chi connectivity index (χ1) is 17.4. The van der Waals surface area contributed by atoms with Crippen molar-refractivity contribution in [3.05, 3.63) is 83.4 Å². The third-order valence-corrected chi connectivity index (χ3v) is 7.23. The van der Waals surface area contributed by atoms with Crippen LogP contribution >= 0.6 is 11.3 Å². The van der Waals surface area contributed by atoms with Gasteiger partial charge in [-0.25, -0.2) is 0 Å². The minimum atomic E-state index is -1.28. The average Bonchev–Trinajstić information content (AvgIpc) is 3.58. The van der Waals surface area contributed by atoms with Crippen LogP contribution in [0, 0.1) is 0 Å². The van der Waals surface area contributed by atoms with Gasteiger partial charge in [0.05, 0.1) is 31.3 Å². The first-order valence-corrected chi connectivity index (χ1v) is 12.3. The van der Waals surface area contributed by atoms with Gasteiger partial charge in [0.15, 0.2) is 0 Å². The van der Waals surface area contributed by atoms with E-state index in [-0.39, 0.29) is 18.4 Å². The van der Waals surface area contributed by atoms with Crippen molar-refractivity contribution in [3.63, 3.8) is 0 Å². The Morgan fingerprint density at radius 3 is 2.58 bits per heavy atom. The number of hydrogen-bond donors (Lipinski definition) is 1. The molecule has 1 N–H and O–H groups in total. The molecule has 184 valence electrons. The first-order valence-electron chi connectivity index (χ1n) is 11.4. The standard InChI is InChI=1S/C27H26N4O4S/c1-27(26(33)28-16-18-8-5-4-6-9-18)17-30-22(15-20(29-30)24-10-7-13-36-24)25(32)31(27)21-12-11-19(34-2)14-23(21)35-3/h4-15H,16-17H2,1-3H3,(H,28,33). The van der Waals surface area contributed by atoms with Crippen LogP contribution in [0.25, 0.3) is 10.6 Å². The van der Waals surface area contributed by atoms with Gasteiger partial charge in [0, 0.05) is 12.6 Å². The highest BCUT2D eigenvalue weighted by atomic mass is 32.1. The molecule has 0 radical (unpaired) electrons. The Morgan fingerprint density at radius 2 is 1.89 bits per heavy atom. The molecule has 0 saturated heterocycles. The number of carbonyl (C=O) groups is 2. The first kappa shape index (κ1) is 23.6. The quantitative estimate of drug-likeness (QED) is 0.406. The number of anilines is 1. The maximum atomic E-state index is 14.0. The van der Waals surface area contributed by atoms with Crippen molar-refractivity contribution >= 4 is 28.8 Å². The lowest BCUT2D eigenvalue weighted by Crippen LogP contribution is -2.64. The maximum Gasteiger partial charge on any atom is 0.277 e. The predicted molar refractivity (Wildman–Crippen MR) is 139 cm³/mol. The molecule has 2 aromatic carbocycles. The van der Waals surface area contributed by atoms with Gasteiger partial charge in [0.1, 0.15) is 28.4 Å². The molecule has 1 aliphatic rings. The maximum absolute atomic E-state index is 14.0. The summed E-state index contributed by atoms with van der Waals surface area (Å²) in [7, 11) is 3.09. The van der Waals surface area contributed by atoms with Crippen LogP contribution in [0.2, 0.25) is 0 Å². The van der Waals surface area contributed by atoms with Crippen LogP contribution in [-0.4, -0.2) is 41.4 Å². The van der Waals surface area contributed by atoms with Crippen LogP contribution < -0.4 is 19.7 Å². The molecule has 2 amide bonds. The fourth-order valence-electron chi connectivity index (χ4n) is 4.44. The average molecular weight is 503 g/mol. The Hall–Kier alpha value is -4.11. The van der Waals surface area contributed by atoms with E-state index in [1.165, 1.54) is 12.0 Å². The largest absolute Gasteiger partial charge is 0.497 e. The summed E-state index contributed by atoms with van der Waals surface area (Å²) in [6.07, 6.45) is 0. The molecule has 5 rings (SSSR count). The minimum Gasteiger partial charge on any atom is -0.497 e. The second-order valence-electron chi connectivity index (χ2n) is 8.67. The molecule has 0 fully saturated rings. The zero-order chi connectivity index (χ0) is 25.3. The molecule has 0 aliphatic carbocycles. The number of methoxy groups -OCH3 is 2. The van der Waals surface area contributed by atoms with E-state index in [4.69, 9.17) is 9.47 Å². The summed E-state index contributed by atoms with van der Waals surface area (Å²) in [5.41, 5.74) is 1.27. The minimum absolute atomic E-state index is 0.176.